The van der Waals surface area contributed by atoms with E-state index in [4.69, 9.17) is 0 Å². The fraction of sp³-hybridized carbons (Fsp3) is 0.500. The first-order chi connectivity index (χ1) is 7.40. The first-order valence-corrected chi connectivity index (χ1v) is 4.79. The molecule has 90 valence electrons. The predicted molar refractivity (Wildman–Crippen MR) is 56.2 cm³/mol. The number of nitrogens with one attached hydrogen (secondary N) is 1. The molecule has 6 heteroatoms. The van der Waals surface area contributed by atoms with Crippen LogP contribution in [0.4, 0.5) is 19.0 Å². The van der Waals surface area contributed by atoms with E-state index >= 15 is 0 Å². The van der Waals surface area contributed by atoms with Crippen LogP contribution in [-0.4, -0.2) is 36.7 Å². The molecule has 1 aromatic heterocycles. The van der Waals surface area contributed by atoms with Gasteiger partial charge in [-0.3, -0.25) is 4.90 Å². The van der Waals surface area contributed by atoms with Gasteiger partial charge in [0.05, 0.1) is 12.2 Å². The molecule has 0 aromatic carbocycles. The van der Waals surface area contributed by atoms with Gasteiger partial charge in [0.15, 0.2) is 0 Å². The highest BCUT2D eigenvalue weighted by Gasteiger charge is 2.29. The van der Waals surface area contributed by atoms with Crippen molar-refractivity contribution < 1.29 is 13.2 Å². The molecule has 0 amide bonds. The topological polar surface area (TPSA) is 28.2 Å². The molecule has 0 radical (unpaired) electrons. The third kappa shape index (κ3) is 4.48. The Labute approximate surface area is 92.3 Å². The number of hydrogen-bond acceptors (Lipinski definition) is 3. The van der Waals surface area contributed by atoms with Gasteiger partial charge in [-0.15, -0.1) is 0 Å². The molecule has 0 saturated heterocycles. The average molecular weight is 233 g/mol. The number of hydrogen-bond donors (Lipinski definition) is 1. The van der Waals surface area contributed by atoms with Crippen molar-refractivity contribution in [3.63, 3.8) is 0 Å². The molecule has 16 heavy (non-hydrogen) atoms. The number of aromatic nitrogens is 1. The van der Waals surface area contributed by atoms with E-state index in [2.05, 4.69) is 10.3 Å². The quantitative estimate of drug-likeness (QED) is 0.863. The Hall–Kier alpha value is -1.30. The van der Waals surface area contributed by atoms with Crippen molar-refractivity contribution in [1.29, 1.82) is 0 Å². The SMILES string of the molecule is CNc1cccc(CN(C)CC(F)(F)F)n1. The first-order valence-electron chi connectivity index (χ1n) is 4.79. The standard InChI is InChI=1S/C10H14F3N3/c1-14-9-5-3-4-8(15-9)6-16(2)7-10(11,12)13/h3-5H,6-7H2,1-2H3,(H,14,15). The van der Waals surface area contributed by atoms with Crippen LogP contribution in [-0.2, 0) is 6.54 Å². The zero-order chi connectivity index (χ0) is 12.2. The van der Waals surface area contributed by atoms with Gasteiger partial charge >= 0.3 is 6.18 Å². The van der Waals surface area contributed by atoms with Crippen LogP contribution in [0.1, 0.15) is 5.69 Å². The van der Waals surface area contributed by atoms with Gasteiger partial charge in [-0.25, -0.2) is 4.98 Å². The van der Waals surface area contributed by atoms with Crippen molar-refractivity contribution in [1.82, 2.24) is 9.88 Å². The summed E-state index contributed by atoms with van der Waals surface area (Å²) < 4.78 is 36.2. The maximum atomic E-state index is 12.1. The third-order valence-corrected chi connectivity index (χ3v) is 1.94. The van der Waals surface area contributed by atoms with Gasteiger partial charge in [0, 0.05) is 13.6 Å². The van der Waals surface area contributed by atoms with Crippen LogP contribution in [0.15, 0.2) is 18.2 Å². The molecule has 1 aromatic rings. The highest BCUT2D eigenvalue weighted by atomic mass is 19.4. The molecule has 0 aliphatic heterocycles. The Morgan fingerprint density at radius 3 is 2.62 bits per heavy atom. The summed E-state index contributed by atoms with van der Waals surface area (Å²) in [6.45, 7) is -0.756. The lowest BCUT2D eigenvalue weighted by Crippen LogP contribution is -2.30. The Bertz CT molecular complexity index is 338. The molecule has 0 spiro atoms. The van der Waals surface area contributed by atoms with Crippen LogP contribution < -0.4 is 5.32 Å². The maximum absolute atomic E-state index is 12.1. The molecule has 1 heterocycles. The van der Waals surface area contributed by atoms with Crippen LogP contribution in [0.3, 0.4) is 0 Å². The largest absolute Gasteiger partial charge is 0.401 e. The number of alkyl halides is 3. The number of nitrogens with zero attached hydrogens (tertiary/aromatic N) is 2. The summed E-state index contributed by atoms with van der Waals surface area (Å²) in [6, 6.07) is 5.22. The highest BCUT2D eigenvalue weighted by molar-refractivity contribution is 5.34. The molecule has 0 unspecified atom stereocenters. The van der Waals surface area contributed by atoms with Gasteiger partial charge in [-0.2, -0.15) is 13.2 Å². The Morgan fingerprint density at radius 2 is 2.06 bits per heavy atom. The summed E-state index contributed by atoms with van der Waals surface area (Å²) in [7, 11) is 3.13. The van der Waals surface area contributed by atoms with Gasteiger partial charge in [0.2, 0.25) is 0 Å². The van der Waals surface area contributed by atoms with E-state index in [-0.39, 0.29) is 6.54 Å². The summed E-state index contributed by atoms with van der Waals surface area (Å²) in [5.41, 5.74) is 0.610. The molecule has 0 saturated carbocycles. The molecule has 0 bridgehead atoms. The lowest BCUT2D eigenvalue weighted by atomic mass is 10.3. The van der Waals surface area contributed by atoms with E-state index in [1.807, 2.05) is 0 Å². The average Bonchev–Trinajstić information content (AvgIpc) is 2.15. The van der Waals surface area contributed by atoms with E-state index in [9.17, 15) is 13.2 Å². The minimum absolute atomic E-state index is 0.176. The Morgan fingerprint density at radius 1 is 1.38 bits per heavy atom. The monoisotopic (exact) mass is 233 g/mol. The number of halogens is 3. The highest BCUT2D eigenvalue weighted by Crippen LogP contribution is 2.16. The van der Waals surface area contributed by atoms with E-state index in [0.717, 1.165) is 0 Å². The second kappa shape index (κ2) is 5.16. The molecule has 0 fully saturated rings. The van der Waals surface area contributed by atoms with E-state index in [1.165, 1.54) is 11.9 Å². The van der Waals surface area contributed by atoms with Crippen LogP contribution in [0.2, 0.25) is 0 Å². The van der Waals surface area contributed by atoms with Gasteiger partial charge in [0.25, 0.3) is 0 Å². The van der Waals surface area contributed by atoms with Crippen molar-refractivity contribution in [3.05, 3.63) is 23.9 Å². The van der Waals surface area contributed by atoms with Gasteiger partial charge in [-0.05, 0) is 19.2 Å². The molecule has 0 aliphatic rings. The van der Waals surface area contributed by atoms with Crippen molar-refractivity contribution in [3.8, 4) is 0 Å². The van der Waals surface area contributed by atoms with E-state index in [1.54, 1.807) is 25.2 Å². The molecule has 3 nitrogen and oxygen atoms in total. The second-order valence-electron chi connectivity index (χ2n) is 3.55. The Balaban J connectivity index is 2.59. The predicted octanol–water partition coefficient (Wildman–Crippen LogP) is 2.12. The van der Waals surface area contributed by atoms with Crippen molar-refractivity contribution >= 4 is 5.82 Å². The van der Waals surface area contributed by atoms with Gasteiger partial charge < -0.3 is 5.32 Å². The van der Waals surface area contributed by atoms with E-state index < -0.39 is 12.7 Å². The van der Waals surface area contributed by atoms with Gasteiger partial charge in [0.1, 0.15) is 5.82 Å². The fourth-order valence-corrected chi connectivity index (χ4v) is 1.35. The zero-order valence-electron chi connectivity index (χ0n) is 9.17. The smallest absolute Gasteiger partial charge is 0.373 e. The summed E-state index contributed by atoms with van der Waals surface area (Å²) in [4.78, 5) is 5.32. The first kappa shape index (κ1) is 12.8. The molecular weight excluding hydrogens is 219 g/mol. The van der Waals surface area contributed by atoms with Crippen molar-refractivity contribution in [2.75, 3.05) is 26.0 Å². The molecular formula is C10H14F3N3. The maximum Gasteiger partial charge on any atom is 0.401 e. The summed E-state index contributed by atoms with van der Waals surface area (Å²) in [5, 5.41) is 2.84. The van der Waals surface area contributed by atoms with Crippen molar-refractivity contribution in [2.45, 2.75) is 12.7 Å². The molecule has 0 atom stereocenters. The van der Waals surface area contributed by atoms with Crippen LogP contribution >= 0.6 is 0 Å². The lowest BCUT2D eigenvalue weighted by molar-refractivity contribution is -0.144. The van der Waals surface area contributed by atoms with Gasteiger partial charge in [-0.1, -0.05) is 6.07 Å². The van der Waals surface area contributed by atoms with Crippen LogP contribution in [0.25, 0.3) is 0 Å². The number of rotatable bonds is 4. The second-order valence-corrected chi connectivity index (χ2v) is 3.55. The van der Waals surface area contributed by atoms with E-state index in [0.29, 0.717) is 11.5 Å². The summed E-state index contributed by atoms with van der Waals surface area (Å²) in [6.07, 6.45) is -4.17. The fourth-order valence-electron chi connectivity index (χ4n) is 1.35. The summed E-state index contributed by atoms with van der Waals surface area (Å²) in [5.74, 6) is 0.651. The van der Waals surface area contributed by atoms with Crippen LogP contribution in [0.5, 0.6) is 0 Å². The third-order valence-electron chi connectivity index (χ3n) is 1.94. The Kier molecular flexibility index (Phi) is 4.12. The minimum Gasteiger partial charge on any atom is -0.373 e. The molecule has 0 aliphatic carbocycles. The lowest BCUT2D eigenvalue weighted by Gasteiger charge is -2.18. The number of pyridine rings is 1. The van der Waals surface area contributed by atoms with Crippen molar-refractivity contribution in [2.24, 2.45) is 0 Å². The molecule has 1 rings (SSSR count). The summed E-state index contributed by atoms with van der Waals surface area (Å²) >= 11 is 0. The minimum atomic E-state index is -4.17. The zero-order valence-corrected chi connectivity index (χ0v) is 9.17. The normalized spacial score (nSPS) is 11.9. The number of anilines is 1. The molecule has 1 N–H and O–H groups in total. The van der Waals surface area contributed by atoms with Crippen LogP contribution in [0, 0.1) is 0 Å².